The van der Waals surface area contributed by atoms with E-state index in [1.165, 1.54) is 18.8 Å². The average Bonchev–Trinajstić information content (AvgIpc) is 3.43. The third-order valence-corrected chi connectivity index (χ3v) is 7.48. The first kappa shape index (κ1) is 24.0. The number of hydrogen-bond acceptors (Lipinski definition) is 9. The summed E-state index contributed by atoms with van der Waals surface area (Å²) in [6.07, 6.45) is -0.433. The van der Waals surface area contributed by atoms with Gasteiger partial charge in [-0.1, -0.05) is 6.07 Å². The minimum Gasteiger partial charge on any atom is -0.494 e. The Balaban J connectivity index is 1.82. The zero-order chi connectivity index (χ0) is 24.5. The molecular formula is C22H28N4O7S. The van der Waals surface area contributed by atoms with E-state index in [1.807, 2.05) is 0 Å². The molecule has 3 atom stereocenters. The Morgan fingerprint density at radius 3 is 2.44 bits per heavy atom. The largest absolute Gasteiger partial charge is 0.494 e. The van der Waals surface area contributed by atoms with Crippen LogP contribution >= 0.6 is 0 Å². The van der Waals surface area contributed by atoms with Crippen LogP contribution in [0.4, 0.5) is 5.95 Å². The lowest BCUT2D eigenvalue weighted by molar-refractivity contribution is 0.000362. The SMILES string of the molecule is COc1cccc(OC)c1-n1c(NS(=O)(=O)C2COCC([C@@H](C)O)C2)nnc1-c1ccc(C)o1. The van der Waals surface area contributed by atoms with Gasteiger partial charge in [0.05, 0.1) is 33.5 Å². The van der Waals surface area contributed by atoms with Crippen LogP contribution in [0.25, 0.3) is 17.3 Å². The van der Waals surface area contributed by atoms with Crippen molar-refractivity contribution in [2.24, 2.45) is 5.92 Å². The van der Waals surface area contributed by atoms with E-state index < -0.39 is 21.4 Å². The highest BCUT2D eigenvalue weighted by Crippen LogP contribution is 2.38. The van der Waals surface area contributed by atoms with Crippen molar-refractivity contribution in [3.8, 4) is 28.8 Å². The molecule has 0 saturated carbocycles. The van der Waals surface area contributed by atoms with Crippen molar-refractivity contribution in [2.75, 3.05) is 32.2 Å². The highest BCUT2D eigenvalue weighted by molar-refractivity contribution is 7.93. The molecule has 12 heteroatoms. The maximum absolute atomic E-state index is 13.3. The monoisotopic (exact) mass is 492 g/mol. The molecule has 3 heterocycles. The van der Waals surface area contributed by atoms with E-state index in [0.29, 0.717) is 35.3 Å². The number of aromatic nitrogens is 3. The number of aryl methyl sites for hydroxylation is 1. The summed E-state index contributed by atoms with van der Waals surface area (Å²) in [6.45, 7) is 3.73. The summed E-state index contributed by atoms with van der Waals surface area (Å²) in [5, 5.41) is 17.4. The Hall–Kier alpha value is -3.09. The van der Waals surface area contributed by atoms with E-state index in [9.17, 15) is 13.5 Å². The molecule has 0 aliphatic carbocycles. The van der Waals surface area contributed by atoms with Gasteiger partial charge in [-0.05, 0) is 44.5 Å². The smallest absolute Gasteiger partial charge is 0.243 e. The molecule has 1 saturated heterocycles. The van der Waals surface area contributed by atoms with Crippen molar-refractivity contribution in [1.82, 2.24) is 14.8 Å². The van der Waals surface area contributed by atoms with Crippen LogP contribution in [-0.2, 0) is 14.8 Å². The molecule has 3 aromatic rings. The van der Waals surface area contributed by atoms with Gasteiger partial charge in [-0.2, -0.15) is 0 Å². The van der Waals surface area contributed by atoms with Gasteiger partial charge in [-0.15, -0.1) is 10.2 Å². The number of nitrogens with zero attached hydrogens (tertiary/aromatic N) is 3. The molecule has 1 aromatic carbocycles. The maximum Gasteiger partial charge on any atom is 0.243 e. The maximum atomic E-state index is 13.3. The number of aliphatic hydroxyl groups excluding tert-OH is 1. The molecule has 1 fully saturated rings. The van der Waals surface area contributed by atoms with Gasteiger partial charge in [-0.25, -0.2) is 8.42 Å². The Bertz CT molecular complexity index is 1230. The lowest BCUT2D eigenvalue weighted by Gasteiger charge is -2.30. The zero-order valence-corrected chi connectivity index (χ0v) is 20.2. The molecule has 184 valence electrons. The number of para-hydroxylation sites is 1. The van der Waals surface area contributed by atoms with Gasteiger partial charge in [0.25, 0.3) is 0 Å². The van der Waals surface area contributed by atoms with Gasteiger partial charge in [0.2, 0.25) is 21.8 Å². The fourth-order valence-corrected chi connectivity index (χ4v) is 5.25. The molecule has 34 heavy (non-hydrogen) atoms. The third-order valence-electron chi connectivity index (χ3n) is 5.81. The lowest BCUT2D eigenvalue weighted by atomic mass is 9.97. The topological polar surface area (TPSA) is 138 Å². The first-order valence-electron chi connectivity index (χ1n) is 10.8. The number of anilines is 1. The number of methoxy groups -OCH3 is 2. The Kier molecular flexibility index (Phi) is 6.82. The first-order chi connectivity index (χ1) is 16.2. The molecule has 0 radical (unpaired) electrons. The number of hydrogen-bond donors (Lipinski definition) is 2. The van der Waals surface area contributed by atoms with E-state index in [0.717, 1.165) is 0 Å². The summed E-state index contributed by atoms with van der Waals surface area (Å²) in [5.41, 5.74) is 0.404. The number of nitrogens with one attached hydrogen (secondary N) is 1. The standard InChI is InChI=1S/C22H28N4O7S/c1-13-8-9-19(33-13)21-23-24-22(26(21)20-17(30-3)6-5-7-18(20)31-4)25-34(28,29)16-10-15(14(2)27)11-32-12-16/h5-9,14-16,27H,10-12H2,1-4H3,(H,24,25)/t14-,15?,16?/m1/s1. The molecule has 2 unspecified atom stereocenters. The van der Waals surface area contributed by atoms with Gasteiger partial charge in [0.1, 0.15) is 28.2 Å². The first-order valence-corrected chi connectivity index (χ1v) is 12.3. The second-order valence-corrected chi connectivity index (χ2v) is 10.1. The van der Waals surface area contributed by atoms with E-state index in [1.54, 1.807) is 44.2 Å². The van der Waals surface area contributed by atoms with Crippen LogP contribution in [0.5, 0.6) is 11.5 Å². The molecule has 4 rings (SSSR count). The van der Waals surface area contributed by atoms with Crippen LogP contribution in [0.3, 0.4) is 0 Å². The summed E-state index contributed by atoms with van der Waals surface area (Å²) in [6, 6.07) is 8.68. The average molecular weight is 493 g/mol. The van der Waals surface area contributed by atoms with E-state index in [4.69, 9.17) is 18.6 Å². The quantitative estimate of drug-likeness (QED) is 0.485. The molecule has 11 nitrogen and oxygen atoms in total. The van der Waals surface area contributed by atoms with Crippen LogP contribution in [0.15, 0.2) is 34.7 Å². The normalized spacial score (nSPS) is 19.6. The molecule has 0 amide bonds. The highest BCUT2D eigenvalue weighted by Gasteiger charge is 2.36. The van der Waals surface area contributed by atoms with Crippen LogP contribution < -0.4 is 14.2 Å². The molecule has 1 aliphatic heterocycles. The number of sulfonamides is 1. The molecular weight excluding hydrogens is 464 g/mol. The Labute approximate surface area is 197 Å². The fraction of sp³-hybridized carbons (Fsp3) is 0.455. The van der Waals surface area contributed by atoms with Crippen molar-refractivity contribution < 1.29 is 32.2 Å². The van der Waals surface area contributed by atoms with Crippen LogP contribution in [-0.4, -0.2) is 67.1 Å². The summed E-state index contributed by atoms with van der Waals surface area (Å²) >= 11 is 0. The van der Waals surface area contributed by atoms with Crippen LogP contribution in [0.2, 0.25) is 0 Å². The van der Waals surface area contributed by atoms with Crippen LogP contribution in [0, 0.1) is 12.8 Å². The summed E-state index contributed by atoms with van der Waals surface area (Å²) in [4.78, 5) is 0. The second-order valence-electron chi connectivity index (χ2n) is 8.15. The lowest BCUT2D eigenvalue weighted by Crippen LogP contribution is -2.41. The molecule has 2 aromatic heterocycles. The van der Waals surface area contributed by atoms with Gasteiger partial charge < -0.3 is 23.7 Å². The van der Waals surface area contributed by atoms with Crippen LogP contribution in [0.1, 0.15) is 19.1 Å². The zero-order valence-electron chi connectivity index (χ0n) is 19.4. The fourth-order valence-electron chi connectivity index (χ4n) is 3.92. The van der Waals surface area contributed by atoms with Crippen molar-refractivity contribution in [2.45, 2.75) is 31.6 Å². The number of rotatable bonds is 8. The minimum atomic E-state index is -3.96. The van der Waals surface area contributed by atoms with Crippen molar-refractivity contribution in [1.29, 1.82) is 0 Å². The van der Waals surface area contributed by atoms with Gasteiger partial charge in [0, 0.05) is 5.92 Å². The predicted molar refractivity (Wildman–Crippen MR) is 124 cm³/mol. The van der Waals surface area contributed by atoms with Crippen molar-refractivity contribution >= 4 is 16.0 Å². The number of aliphatic hydroxyl groups is 1. The van der Waals surface area contributed by atoms with E-state index in [2.05, 4.69) is 14.9 Å². The Morgan fingerprint density at radius 2 is 1.85 bits per heavy atom. The second kappa shape index (κ2) is 9.65. The van der Waals surface area contributed by atoms with Crippen molar-refractivity contribution in [3.05, 3.63) is 36.1 Å². The highest BCUT2D eigenvalue weighted by atomic mass is 32.2. The van der Waals surface area contributed by atoms with Gasteiger partial charge in [-0.3, -0.25) is 9.29 Å². The van der Waals surface area contributed by atoms with Crippen molar-refractivity contribution in [3.63, 3.8) is 0 Å². The molecule has 2 N–H and O–H groups in total. The Morgan fingerprint density at radius 1 is 1.15 bits per heavy atom. The number of benzene rings is 1. The molecule has 0 spiro atoms. The van der Waals surface area contributed by atoms with E-state index >= 15 is 0 Å². The summed E-state index contributed by atoms with van der Waals surface area (Å²) in [7, 11) is -0.960. The minimum absolute atomic E-state index is 0.00883. The molecule has 0 bridgehead atoms. The molecule has 1 aliphatic rings. The van der Waals surface area contributed by atoms with Gasteiger partial charge in [0.15, 0.2) is 5.76 Å². The van der Waals surface area contributed by atoms with Gasteiger partial charge >= 0.3 is 0 Å². The summed E-state index contributed by atoms with van der Waals surface area (Å²) < 4.78 is 53.0. The number of ether oxygens (including phenoxy) is 3. The summed E-state index contributed by atoms with van der Waals surface area (Å²) in [5.74, 6) is 1.78. The third kappa shape index (κ3) is 4.61. The van der Waals surface area contributed by atoms with E-state index in [-0.39, 0.29) is 30.7 Å². The predicted octanol–water partition coefficient (Wildman–Crippen LogP) is 2.38. The number of furan rings is 1.